The minimum Gasteiger partial charge on any atom is -0.394 e. The molecule has 0 spiro atoms. The number of fused-ring (bicyclic) bond motifs is 1. The Morgan fingerprint density at radius 2 is 1.66 bits per heavy atom. The van der Waals surface area contributed by atoms with E-state index >= 15 is 0 Å². The zero-order chi connectivity index (χ0) is 25.5. The van der Waals surface area contributed by atoms with Crippen molar-refractivity contribution in [2.75, 3.05) is 6.61 Å². The Kier molecular flexibility index (Phi) is 7.60. The first-order valence-corrected chi connectivity index (χ1v) is 12.3. The van der Waals surface area contributed by atoms with Crippen LogP contribution in [0.3, 0.4) is 0 Å². The number of rotatable bonds is 7. The molecule has 8 heteroatoms. The number of benzene rings is 2. The largest absolute Gasteiger partial charge is 0.394 e. The van der Waals surface area contributed by atoms with Crippen molar-refractivity contribution in [1.82, 2.24) is 4.57 Å². The maximum Gasteiger partial charge on any atom is 0.114 e. The van der Waals surface area contributed by atoms with Gasteiger partial charge >= 0.3 is 0 Å². The summed E-state index contributed by atoms with van der Waals surface area (Å²) in [4.78, 5) is 0. The van der Waals surface area contributed by atoms with Crippen LogP contribution in [0, 0.1) is 6.92 Å². The zero-order valence-corrected chi connectivity index (χ0v) is 21.0. The van der Waals surface area contributed by atoms with Gasteiger partial charge in [-0.1, -0.05) is 35.9 Å². The topological polar surface area (TPSA) is 115 Å². The Balaban J connectivity index is 1.68. The Hall–Kier alpha value is -1.97. The van der Waals surface area contributed by atoms with Crippen molar-refractivity contribution in [3.05, 3.63) is 69.9 Å². The summed E-state index contributed by atoms with van der Waals surface area (Å²) in [5.41, 5.74) is 3.81. The smallest absolute Gasteiger partial charge is 0.114 e. The summed E-state index contributed by atoms with van der Waals surface area (Å²) < 4.78 is 7.84. The molecule has 2 heterocycles. The van der Waals surface area contributed by atoms with Gasteiger partial charge in [-0.2, -0.15) is 0 Å². The third kappa shape index (κ3) is 5.57. The van der Waals surface area contributed by atoms with Crippen LogP contribution >= 0.6 is 11.6 Å². The number of aliphatic hydroxyl groups excluding tert-OH is 4. The molecule has 35 heavy (non-hydrogen) atoms. The zero-order valence-electron chi connectivity index (χ0n) is 20.2. The predicted molar refractivity (Wildman–Crippen MR) is 135 cm³/mol. The second-order valence-corrected chi connectivity index (χ2v) is 10.6. The van der Waals surface area contributed by atoms with Crippen LogP contribution in [0.5, 0.6) is 0 Å². The summed E-state index contributed by atoms with van der Waals surface area (Å²) in [5.74, 6) is 0. The van der Waals surface area contributed by atoms with E-state index in [0.717, 1.165) is 34.0 Å². The first kappa shape index (κ1) is 26.1. The molecule has 0 saturated carbocycles. The van der Waals surface area contributed by atoms with E-state index in [0.29, 0.717) is 23.6 Å². The van der Waals surface area contributed by atoms with E-state index in [1.165, 1.54) is 0 Å². The summed E-state index contributed by atoms with van der Waals surface area (Å²) in [7, 11) is 0. The molecular weight excluding hydrogens is 470 g/mol. The van der Waals surface area contributed by atoms with Gasteiger partial charge in [0.2, 0.25) is 0 Å². The van der Waals surface area contributed by atoms with Crippen molar-refractivity contribution in [3.63, 3.8) is 0 Å². The van der Waals surface area contributed by atoms with E-state index in [9.17, 15) is 25.5 Å². The summed E-state index contributed by atoms with van der Waals surface area (Å²) in [6, 6.07) is 12.0. The molecule has 0 amide bonds. The average molecular weight is 504 g/mol. The summed E-state index contributed by atoms with van der Waals surface area (Å²) >= 11 is 6.66. The molecule has 7 nitrogen and oxygen atoms in total. The molecule has 0 radical (unpaired) electrons. The number of aryl methyl sites for hydroxylation is 2. The van der Waals surface area contributed by atoms with E-state index in [1.54, 1.807) is 13.8 Å². The van der Waals surface area contributed by atoms with E-state index in [1.807, 2.05) is 42.0 Å². The average Bonchev–Trinajstić information content (AvgIpc) is 3.14. The van der Waals surface area contributed by atoms with Crippen LogP contribution in [0.25, 0.3) is 10.9 Å². The Morgan fingerprint density at radius 1 is 1.00 bits per heavy atom. The number of ether oxygens (including phenoxy) is 1. The molecule has 1 aliphatic heterocycles. The lowest BCUT2D eigenvalue weighted by atomic mass is 9.91. The SMILES string of the molecule is Cc1cc(Cl)c2c(c1)c([C@@H]1O[C@H](CO)[C@@H](O)[C@H](O)[C@H]1O)cn2Cc1ccc(CCC(C)(C)O)cc1. The first-order valence-electron chi connectivity index (χ1n) is 11.9. The summed E-state index contributed by atoms with van der Waals surface area (Å²) in [5, 5.41) is 52.2. The van der Waals surface area contributed by atoms with Crippen LogP contribution in [0.4, 0.5) is 0 Å². The highest BCUT2D eigenvalue weighted by molar-refractivity contribution is 6.35. The Labute approximate surface area is 210 Å². The van der Waals surface area contributed by atoms with E-state index in [-0.39, 0.29) is 0 Å². The number of nitrogens with zero attached hydrogens (tertiary/aromatic N) is 1. The molecule has 2 aromatic carbocycles. The highest BCUT2D eigenvalue weighted by Crippen LogP contribution is 2.39. The van der Waals surface area contributed by atoms with Crippen molar-refractivity contribution in [2.24, 2.45) is 0 Å². The van der Waals surface area contributed by atoms with E-state index in [2.05, 4.69) is 12.1 Å². The van der Waals surface area contributed by atoms with Gasteiger partial charge < -0.3 is 34.8 Å². The summed E-state index contributed by atoms with van der Waals surface area (Å²) in [6.45, 7) is 5.56. The summed E-state index contributed by atoms with van der Waals surface area (Å²) in [6.07, 6.45) is -2.88. The molecule has 1 fully saturated rings. The lowest BCUT2D eigenvalue weighted by molar-refractivity contribution is -0.231. The molecule has 0 aliphatic carbocycles. The van der Waals surface area contributed by atoms with Crippen molar-refractivity contribution in [1.29, 1.82) is 0 Å². The number of halogens is 1. The van der Waals surface area contributed by atoms with Crippen LogP contribution < -0.4 is 0 Å². The van der Waals surface area contributed by atoms with Gasteiger partial charge in [0.25, 0.3) is 0 Å². The second-order valence-electron chi connectivity index (χ2n) is 10.2. The fraction of sp³-hybridized carbons (Fsp3) is 0.481. The Bertz CT molecular complexity index is 1170. The molecule has 5 N–H and O–H groups in total. The third-order valence-electron chi connectivity index (χ3n) is 6.70. The molecular formula is C27H34ClNO6. The van der Waals surface area contributed by atoms with Crippen molar-refractivity contribution in [2.45, 2.75) is 76.3 Å². The molecule has 3 aromatic rings. The molecule has 1 saturated heterocycles. The van der Waals surface area contributed by atoms with Gasteiger partial charge in [0.05, 0.1) is 22.7 Å². The quantitative estimate of drug-likeness (QED) is 0.338. The van der Waals surface area contributed by atoms with Crippen LogP contribution in [0.2, 0.25) is 5.02 Å². The highest BCUT2D eigenvalue weighted by atomic mass is 35.5. The molecule has 5 atom stereocenters. The molecule has 0 bridgehead atoms. The van der Waals surface area contributed by atoms with Crippen molar-refractivity contribution in [3.8, 4) is 0 Å². The third-order valence-corrected chi connectivity index (χ3v) is 6.99. The highest BCUT2D eigenvalue weighted by Gasteiger charge is 2.44. The van der Waals surface area contributed by atoms with Gasteiger partial charge in [-0.25, -0.2) is 0 Å². The van der Waals surface area contributed by atoms with E-state index in [4.69, 9.17) is 16.3 Å². The standard InChI is InChI=1S/C27H34ClNO6/c1-15-10-18-19(26-25(33)24(32)23(31)21(14-30)35-26)13-29(22(18)20(28)11-15)12-17-6-4-16(5-7-17)8-9-27(2,3)34/h4-7,10-11,13,21,23-26,30-34H,8-9,12,14H2,1-3H3/t21-,23-,24+,25-,26+/m1/s1. The van der Waals surface area contributed by atoms with Gasteiger partial charge in [-0.05, 0) is 62.4 Å². The molecule has 4 rings (SSSR count). The fourth-order valence-corrected chi connectivity index (χ4v) is 5.10. The predicted octanol–water partition coefficient (Wildman–Crippen LogP) is 2.87. The molecule has 190 valence electrons. The second kappa shape index (κ2) is 10.2. The number of hydrogen-bond donors (Lipinski definition) is 5. The van der Waals surface area contributed by atoms with Crippen LogP contribution in [0.1, 0.15) is 48.6 Å². The molecule has 1 aromatic heterocycles. The van der Waals surface area contributed by atoms with Crippen LogP contribution in [-0.4, -0.2) is 66.7 Å². The lowest BCUT2D eigenvalue weighted by Gasteiger charge is -2.40. The minimum atomic E-state index is -1.46. The molecule has 0 unspecified atom stereocenters. The van der Waals surface area contributed by atoms with E-state index < -0.39 is 42.7 Å². The number of hydrogen-bond acceptors (Lipinski definition) is 6. The normalized spacial score (nSPS) is 25.3. The minimum absolute atomic E-state index is 0.486. The maximum absolute atomic E-state index is 10.7. The first-order chi connectivity index (χ1) is 16.5. The Morgan fingerprint density at radius 3 is 2.29 bits per heavy atom. The van der Waals surface area contributed by atoms with Gasteiger partial charge in [-0.3, -0.25) is 0 Å². The van der Waals surface area contributed by atoms with Crippen LogP contribution in [-0.2, 0) is 17.7 Å². The van der Waals surface area contributed by atoms with Gasteiger partial charge in [0, 0.05) is 23.7 Å². The van der Waals surface area contributed by atoms with Gasteiger partial charge in [-0.15, -0.1) is 0 Å². The molecule has 1 aliphatic rings. The maximum atomic E-state index is 10.7. The number of aromatic nitrogens is 1. The van der Waals surface area contributed by atoms with Crippen LogP contribution in [0.15, 0.2) is 42.6 Å². The van der Waals surface area contributed by atoms with Crippen molar-refractivity contribution < 1.29 is 30.3 Å². The van der Waals surface area contributed by atoms with Gasteiger partial charge in [0.15, 0.2) is 0 Å². The number of aliphatic hydroxyl groups is 5. The monoisotopic (exact) mass is 503 g/mol. The van der Waals surface area contributed by atoms with Crippen molar-refractivity contribution >= 4 is 22.5 Å². The van der Waals surface area contributed by atoms with Gasteiger partial charge in [0.1, 0.15) is 30.5 Å². The lowest BCUT2D eigenvalue weighted by Crippen LogP contribution is -2.55. The fourth-order valence-electron chi connectivity index (χ4n) is 4.72.